The number of piperidine rings is 1. The standard InChI is InChI=1S/C18H20F6N2O/c19-17(20,21)13-6-4-11(5-7-13)12-9-14(10-12)25-16(27)26-8-2-1-3-15(26)18(22,23)24/h4-7,12,14-15H,1-3,8-10H2,(H,25,27). The van der Waals surface area contributed by atoms with Crippen LogP contribution in [0.15, 0.2) is 24.3 Å². The van der Waals surface area contributed by atoms with Gasteiger partial charge in [0.2, 0.25) is 0 Å². The average molecular weight is 394 g/mol. The van der Waals surface area contributed by atoms with Crippen LogP contribution in [0.5, 0.6) is 0 Å². The summed E-state index contributed by atoms with van der Waals surface area (Å²) in [5.41, 5.74) is 0.0124. The topological polar surface area (TPSA) is 32.3 Å². The normalized spacial score (nSPS) is 26.4. The second kappa shape index (κ2) is 7.24. The van der Waals surface area contributed by atoms with Gasteiger partial charge in [-0.1, -0.05) is 12.1 Å². The second-order valence-electron chi connectivity index (χ2n) is 7.18. The molecule has 1 unspecified atom stereocenters. The molecule has 0 bridgehead atoms. The number of hydrogen-bond donors (Lipinski definition) is 1. The number of nitrogens with zero attached hydrogens (tertiary/aromatic N) is 1. The summed E-state index contributed by atoms with van der Waals surface area (Å²) in [6.45, 7) is 0.0745. The SMILES string of the molecule is O=C(NC1CC(c2ccc(C(F)(F)F)cc2)C1)N1CCCCC1C(F)(F)F. The zero-order valence-electron chi connectivity index (χ0n) is 14.4. The number of nitrogens with one attached hydrogen (secondary N) is 1. The van der Waals surface area contributed by atoms with Crippen LogP contribution in [0.3, 0.4) is 0 Å². The summed E-state index contributed by atoms with van der Waals surface area (Å²) in [7, 11) is 0. The van der Waals surface area contributed by atoms with Crippen LogP contribution >= 0.6 is 0 Å². The van der Waals surface area contributed by atoms with E-state index in [9.17, 15) is 31.1 Å². The van der Waals surface area contributed by atoms with Crippen molar-refractivity contribution in [3.05, 3.63) is 35.4 Å². The van der Waals surface area contributed by atoms with Crippen LogP contribution in [0.2, 0.25) is 0 Å². The van der Waals surface area contributed by atoms with E-state index in [1.165, 1.54) is 12.1 Å². The van der Waals surface area contributed by atoms with E-state index in [1.807, 2.05) is 0 Å². The lowest BCUT2D eigenvalue weighted by atomic mass is 9.76. The van der Waals surface area contributed by atoms with Crippen molar-refractivity contribution < 1.29 is 31.1 Å². The number of carbonyl (C=O) groups is 1. The largest absolute Gasteiger partial charge is 0.416 e. The van der Waals surface area contributed by atoms with Gasteiger partial charge in [0.25, 0.3) is 0 Å². The van der Waals surface area contributed by atoms with Crippen molar-refractivity contribution in [2.45, 2.75) is 62.5 Å². The van der Waals surface area contributed by atoms with Gasteiger partial charge in [0.15, 0.2) is 0 Å². The molecular weight excluding hydrogens is 374 g/mol. The van der Waals surface area contributed by atoms with Gasteiger partial charge in [-0.3, -0.25) is 0 Å². The highest BCUT2D eigenvalue weighted by atomic mass is 19.4. The number of rotatable bonds is 2. The molecule has 1 aliphatic carbocycles. The Morgan fingerprint density at radius 1 is 1.00 bits per heavy atom. The van der Waals surface area contributed by atoms with E-state index in [0.717, 1.165) is 22.6 Å². The third-order valence-electron chi connectivity index (χ3n) is 5.32. The van der Waals surface area contributed by atoms with Crippen LogP contribution in [0.1, 0.15) is 49.1 Å². The summed E-state index contributed by atoms with van der Waals surface area (Å²) in [5.74, 6) is -0.00245. The van der Waals surface area contributed by atoms with Gasteiger partial charge in [0.1, 0.15) is 6.04 Å². The van der Waals surface area contributed by atoms with Crippen molar-refractivity contribution in [3.63, 3.8) is 0 Å². The fourth-order valence-electron chi connectivity index (χ4n) is 3.72. The van der Waals surface area contributed by atoms with E-state index < -0.39 is 30.0 Å². The number of hydrogen-bond acceptors (Lipinski definition) is 1. The van der Waals surface area contributed by atoms with Gasteiger partial charge >= 0.3 is 18.4 Å². The fourth-order valence-corrected chi connectivity index (χ4v) is 3.72. The number of likely N-dealkylation sites (tertiary alicyclic amines) is 1. The summed E-state index contributed by atoms with van der Waals surface area (Å²) in [4.78, 5) is 13.1. The first kappa shape index (κ1) is 19.8. The van der Waals surface area contributed by atoms with Gasteiger partial charge in [0, 0.05) is 12.6 Å². The molecule has 0 aromatic heterocycles. The molecule has 27 heavy (non-hydrogen) atoms. The van der Waals surface area contributed by atoms with E-state index in [-0.39, 0.29) is 24.9 Å². The van der Waals surface area contributed by atoms with Crippen LogP contribution in [-0.4, -0.2) is 35.7 Å². The number of benzene rings is 1. The number of carbonyl (C=O) groups excluding carboxylic acids is 1. The van der Waals surface area contributed by atoms with Crippen molar-refractivity contribution in [2.75, 3.05) is 6.54 Å². The quantitative estimate of drug-likeness (QED) is 0.698. The molecule has 150 valence electrons. The van der Waals surface area contributed by atoms with Gasteiger partial charge < -0.3 is 10.2 Å². The van der Waals surface area contributed by atoms with Gasteiger partial charge in [0.05, 0.1) is 5.56 Å². The first-order chi connectivity index (χ1) is 12.6. The minimum absolute atomic E-state index is 0.00245. The summed E-state index contributed by atoms with van der Waals surface area (Å²) < 4.78 is 77.0. The van der Waals surface area contributed by atoms with Crippen molar-refractivity contribution in [2.24, 2.45) is 0 Å². The third kappa shape index (κ3) is 4.50. The van der Waals surface area contributed by atoms with Crippen LogP contribution in [0.25, 0.3) is 0 Å². The first-order valence-electron chi connectivity index (χ1n) is 8.86. The molecule has 2 fully saturated rings. The summed E-state index contributed by atoms with van der Waals surface area (Å²) in [6.07, 6.45) is -6.94. The molecule has 1 aromatic rings. The summed E-state index contributed by atoms with van der Waals surface area (Å²) in [6, 6.07) is 2.13. The Balaban J connectivity index is 1.53. The van der Waals surface area contributed by atoms with E-state index in [0.29, 0.717) is 25.7 Å². The molecule has 3 nitrogen and oxygen atoms in total. The number of amides is 2. The van der Waals surface area contributed by atoms with Gasteiger partial charge in [-0.2, -0.15) is 26.3 Å². The van der Waals surface area contributed by atoms with Crippen molar-refractivity contribution in [1.29, 1.82) is 0 Å². The Morgan fingerprint density at radius 2 is 1.63 bits per heavy atom. The van der Waals surface area contributed by atoms with Crippen molar-refractivity contribution >= 4 is 6.03 Å². The molecule has 1 aromatic carbocycles. The Bertz CT molecular complexity index is 664. The molecule has 1 N–H and O–H groups in total. The minimum Gasteiger partial charge on any atom is -0.335 e. The number of urea groups is 1. The van der Waals surface area contributed by atoms with Crippen LogP contribution in [0.4, 0.5) is 31.1 Å². The maximum atomic E-state index is 13.1. The lowest BCUT2D eigenvalue weighted by Crippen LogP contribution is -2.57. The third-order valence-corrected chi connectivity index (χ3v) is 5.32. The van der Waals surface area contributed by atoms with Gasteiger partial charge in [-0.15, -0.1) is 0 Å². The molecule has 1 aliphatic heterocycles. The summed E-state index contributed by atoms with van der Waals surface area (Å²) in [5, 5.41) is 2.63. The highest BCUT2D eigenvalue weighted by Crippen LogP contribution is 2.39. The van der Waals surface area contributed by atoms with E-state index in [4.69, 9.17) is 0 Å². The van der Waals surface area contributed by atoms with E-state index >= 15 is 0 Å². The zero-order valence-corrected chi connectivity index (χ0v) is 14.4. The molecule has 1 saturated carbocycles. The first-order valence-corrected chi connectivity index (χ1v) is 8.86. The lowest BCUT2D eigenvalue weighted by Gasteiger charge is -2.41. The molecule has 1 saturated heterocycles. The molecule has 0 spiro atoms. The minimum atomic E-state index is -4.44. The zero-order chi connectivity index (χ0) is 19.8. The number of halogens is 6. The van der Waals surface area contributed by atoms with Crippen molar-refractivity contribution in [3.8, 4) is 0 Å². The monoisotopic (exact) mass is 394 g/mol. The highest BCUT2D eigenvalue weighted by molar-refractivity contribution is 5.75. The predicted octanol–water partition coefficient (Wildman–Crippen LogP) is 5.08. The van der Waals surface area contributed by atoms with Gasteiger partial charge in [-0.25, -0.2) is 4.79 Å². The maximum Gasteiger partial charge on any atom is 0.416 e. The fraction of sp³-hybridized carbons (Fsp3) is 0.611. The Hall–Kier alpha value is -1.93. The second-order valence-corrected chi connectivity index (χ2v) is 7.18. The predicted molar refractivity (Wildman–Crippen MR) is 86.1 cm³/mol. The Morgan fingerprint density at radius 3 is 2.19 bits per heavy atom. The number of alkyl halides is 6. The Labute approximate surface area is 152 Å². The lowest BCUT2D eigenvalue weighted by molar-refractivity contribution is -0.182. The molecular formula is C18H20F6N2O. The molecule has 9 heteroatoms. The molecule has 1 atom stereocenters. The van der Waals surface area contributed by atoms with Gasteiger partial charge in [-0.05, 0) is 55.7 Å². The summed E-state index contributed by atoms with van der Waals surface area (Å²) >= 11 is 0. The van der Waals surface area contributed by atoms with Crippen LogP contribution in [-0.2, 0) is 6.18 Å². The highest BCUT2D eigenvalue weighted by Gasteiger charge is 2.47. The maximum absolute atomic E-state index is 13.1. The van der Waals surface area contributed by atoms with Crippen LogP contribution < -0.4 is 5.32 Å². The smallest absolute Gasteiger partial charge is 0.335 e. The molecule has 1 heterocycles. The van der Waals surface area contributed by atoms with E-state index in [1.54, 1.807) is 0 Å². The molecule has 2 aliphatic rings. The van der Waals surface area contributed by atoms with Crippen molar-refractivity contribution in [1.82, 2.24) is 10.2 Å². The average Bonchev–Trinajstić information content (AvgIpc) is 2.56. The molecule has 3 rings (SSSR count). The molecule has 0 radical (unpaired) electrons. The Kier molecular flexibility index (Phi) is 5.31. The molecule has 2 amide bonds. The van der Waals surface area contributed by atoms with E-state index in [2.05, 4.69) is 5.32 Å². The van der Waals surface area contributed by atoms with Crippen LogP contribution in [0, 0.1) is 0 Å².